The first-order valence-corrected chi connectivity index (χ1v) is 6.64. The van der Waals surface area contributed by atoms with Crippen LogP contribution in [0.15, 0.2) is 36.4 Å². The van der Waals surface area contributed by atoms with Gasteiger partial charge in [-0.3, -0.25) is 4.79 Å². The molecule has 0 bridgehead atoms. The number of amides is 1. The van der Waals surface area contributed by atoms with Crippen LogP contribution in [0.1, 0.15) is 26.3 Å². The highest BCUT2D eigenvalue weighted by molar-refractivity contribution is 5.95. The third-order valence-corrected chi connectivity index (χ3v) is 3.48. The van der Waals surface area contributed by atoms with Gasteiger partial charge in [0.25, 0.3) is 0 Å². The second kappa shape index (κ2) is 5.57. The SMILES string of the molecule is C/C(=C\C(=O)N1CCOCC1(C)C)c1ccccc1. The van der Waals surface area contributed by atoms with E-state index >= 15 is 0 Å². The number of morpholine rings is 1. The molecule has 1 aliphatic rings. The van der Waals surface area contributed by atoms with Crippen molar-refractivity contribution in [3.63, 3.8) is 0 Å². The molecule has 0 aliphatic carbocycles. The summed E-state index contributed by atoms with van der Waals surface area (Å²) >= 11 is 0. The Hall–Kier alpha value is -1.61. The van der Waals surface area contributed by atoms with E-state index < -0.39 is 0 Å². The Morgan fingerprint density at radius 3 is 2.63 bits per heavy atom. The average Bonchev–Trinajstić information content (AvgIpc) is 2.39. The van der Waals surface area contributed by atoms with E-state index in [1.54, 1.807) is 6.08 Å². The quantitative estimate of drug-likeness (QED) is 0.764. The van der Waals surface area contributed by atoms with E-state index in [1.165, 1.54) is 0 Å². The van der Waals surface area contributed by atoms with Crippen LogP contribution in [0.3, 0.4) is 0 Å². The number of carbonyl (C=O) groups excluding carboxylic acids is 1. The van der Waals surface area contributed by atoms with Gasteiger partial charge in [0.1, 0.15) is 0 Å². The van der Waals surface area contributed by atoms with Crippen molar-refractivity contribution in [1.29, 1.82) is 0 Å². The van der Waals surface area contributed by atoms with Crippen LogP contribution < -0.4 is 0 Å². The van der Waals surface area contributed by atoms with Crippen LogP contribution in [-0.2, 0) is 9.53 Å². The highest BCUT2D eigenvalue weighted by atomic mass is 16.5. The zero-order valence-corrected chi connectivity index (χ0v) is 11.8. The molecule has 1 aromatic rings. The molecule has 0 unspecified atom stereocenters. The first-order chi connectivity index (χ1) is 9.00. The van der Waals surface area contributed by atoms with Gasteiger partial charge in [-0.15, -0.1) is 0 Å². The fourth-order valence-electron chi connectivity index (χ4n) is 2.31. The normalized spacial score (nSPS) is 19.3. The molecule has 0 N–H and O–H groups in total. The Labute approximate surface area is 114 Å². The molecule has 0 radical (unpaired) electrons. The number of rotatable bonds is 2. The number of allylic oxidation sites excluding steroid dienone is 1. The lowest BCUT2D eigenvalue weighted by atomic mass is 10.0. The van der Waals surface area contributed by atoms with Gasteiger partial charge >= 0.3 is 0 Å². The fraction of sp³-hybridized carbons (Fsp3) is 0.438. The Morgan fingerprint density at radius 1 is 1.32 bits per heavy atom. The zero-order chi connectivity index (χ0) is 13.9. The molecule has 3 nitrogen and oxygen atoms in total. The number of hydrogen-bond donors (Lipinski definition) is 0. The van der Waals surface area contributed by atoms with Crippen LogP contribution in [0, 0.1) is 0 Å². The van der Waals surface area contributed by atoms with E-state index in [0.717, 1.165) is 11.1 Å². The Morgan fingerprint density at radius 2 is 2.00 bits per heavy atom. The summed E-state index contributed by atoms with van der Waals surface area (Å²) in [4.78, 5) is 14.3. The van der Waals surface area contributed by atoms with Crippen molar-refractivity contribution in [2.45, 2.75) is 26.3 Å². The van der Waals surface area contributed by atoms with E-state index in [1.807, 2.05) is 56.0 Å². The molecule has 2 rings (SSSR count). The molecule has 0 spiro atoms. The van der Waals surface area contributed by atoms with E-state index in [4.69, 9.17) is 4.74 Å². The molecule has 1 aliphatic heterocycles. The fourth-order valence-corrected chi connectivity index (χ4v) is 2.31. The van der Waals surface area contributed by atoms with Crippen LogP contribution in [0.4, 0.5) is 0 Å². The molecule has 3 heteroatoms. The number of benzene rings is 1. The van der Waals surface area contributed by atoms with Crippen molar-refractivity contribution in [2.75, 3.05) is 19.8 Å². The van der Waals surface area contributed by atoms with Gasteiger partial charge in [0, 0.05) is 12.6 Å². The smallest absolute Gasteiger partial charge is 0.247 e. The Bertz CT molecular complexity index is 477. The molecule has 1 heterocycles. The molecule has 1 aromatic carbocycles. The molecular weight excluding hydrogens is 238 g/mol. The second-order valence-corrected chi connectivity index (χ2v) is 5.55. The third kappa shape index (κ3) is 3.24. The zero-order valence-electron chi connectivity index (χ0n) is 11.8. The van der Waals surface area contributed by atoms with Gasteiger partial charge < -0.3 is 9.64 Å². The van der Waals surface area contributed by atoms with Gasteiger partial charge in [0.05, 0.1) is 18.8 Å². The monoisotopic (exact) mass is 259 g/mol. The molecule has 1 saturated heterocycles. The minimum absolute atomic E-state index is 0.0645. The lowest BCUT2D eigenvalue weighted by molar-refractivity contribution is -0.140. The highest BCUT2D eigenvalue weighted by Crippen LogP contribution is 2.21. The van der Waals surface area contributed by atoms with Crippen LogP contribution in [0.5, 0.6) is 0 Å². The molecule has 0 saturated carbocycles. The van der Waals surface area contributed by atoms with Crippen LogP contribution in [0.25, 0.3) is 5.57 Å². The number of carbonyl (C=O) groups is 1. The minimum Gasteiger partial charge on any atom is -0.377 e. The Kier molecular flexibility index (Phi) is 4.05. The lowest BCUT2D eigenvalue weighted by Crippen LogP contribution is -2.55. The maximum atomic E-state index is 12.4. The maximum Gasteiger partial charge on any atom is 0.247 e. The predicted molar refractivity (Wildman–Crippen MR) is 76.7 cm³/mol. The number of nitrogens with zero attached hydrogens (tertiary/aromatic N) is 1. The summed E-state index contributed by atoms with van der Waals surface area (Å²) < 4.78 is 5.44. The summed E-state index contributed by atoms with van der Waals surface area (Å²) in [5, 5.41) is 0. The van der Waals surface area contributed by atoms with Gasteiger partial charge in [0.15, 0.2) is 0 Å². The van der Waals surface area contributed by atoms with Crippen molar-refractivity contribution < 1.29 is 9.53 Å². The molecule has 0 aromatic heterocycles. The average molecular weight is 259 g/mol. The Balaban J connectivity index is 2.16. The lowest BCUT2D eigenvalue weighted by Gasteiger charge is -2.41. The van der Waals surface area contributed by atoms with Crippen molar-refractivity contribution >= 4 is 11.5 Å². The summed E-state index contributed by atoms with van der Waals surface area (Å²) in [5.41, 5.74) is 1.85. The summed E-state index contributed by atoms with van der Waals surface area (Å²) in [7, 11) is 0. The topological polar surface area (TPSA) is 29.5 Å². The van der Waals surface area contributed by atoms with Crippen LogP contribution in [0.2, 0.25) is 0 Å². The van der Waals surface area contributed by atoms with Gasteiger partial charge in [-0.05, 0) is 31.9 Å². The van der Waals surface area contributed by atoms with Gasteiger partial charge in [-0.2, -0.15) is 0 Å². The molecule has 102 valence electrons. The first kappa shape index (κ1) is 13.8. The van der Waals surface area contributed by atoms with E-state index in [2.05, 4.69) is 0 Å². The largest absolute Gasteiger partial charge is 0.377 e. The first-order valence-electron chi connectivity index (χ1n) is 6.64. The maximum absolute atomic E-state index is 12.4. The van der Waals surface area contributed by atoms with Crippen molar-refractivity contribution in [2.24, 2.45) is 0 Å². The molecule has 0 atom stereocenters. The van der Waals surface area contributed by atoms with Crippen molar-refractivity contribution in [1.82, 2.24) is 4.90 Å². The minimum atomic E-state index is -0.233. The van der Waals surface area contributed by atoms with E-state index in [0.29, 0.717) is 19.8 Å². The van der Waals surface area contributed by atoms with Crippen molar-refractivity contribution in [3.05, 3.63) is 42.0 Å². The highest BCUT2D eigenvalue weighted by Gasteiger charge is 2.33. The number of ether oxygens (including phenoxy) is 1. The molecular formula is C16H21NO2. The van der Waals surface area contributed by atoms with Crippen LogP contribution >= 0.6 is 0 Å². The second-order valence-electron chi connectivity index (χ2n) is 5.55. The van der Waals surface area contributed by atoms with Gasteiger partial charge in [-0.1, -0.05) is 30.3 Å². The molecule has 1 fully saturated rings. The van der Waals surface area contributed by atoms with Crippen LogP contribution in [-0.4, -0.2) is 36.1 Å². The van der Waals surface area contributed by atoms with E-state index in [9.17, 15) is 4.79 Å². The summed E-state index contributed by atoms with van der Waals surface area (Å²) in [6, 6.07) is 9.97. The molecule has 1 amide bonds. The van der Waals surface area contributed by atoms with Gasteiger partial charge in [0.2, 0.25) is 5.91 Å². The predicted octanol–water partition coefficient (Wildman–Crippen LogP) is 2.73. The van der Waals surface area contributed by atoms with E-state index in [-0.39, 0.29) is 11.4 Å². The van der Waals surface area contributed by atoms with Crippen molar-refractivity contribution in [3.8, 4) is 0 Å². The molecule has 19 heavy (non-hydrogen) atoms. The summed E-state index contributed by atoms with van der Waals surface area (Å²) in [6.07, 6.45) is 1.72. The third-order valence-electron chi connectivity index (χ3n) is 3.48. The van der Waals surface area contributed by atoms with Gasteiger partial charge in [-0.25, -0.2) is 0 Å². The summed E-state index contributed by atoms with van der Waals surface area (Å²) in [6.45, 7) is 7.92. The standard InChI is InChI=1S/C16H21NO2/c1-13(14-7-5-4-6-8-14)11-15(18)17-9-10-19-12-16(17,2)3/h4-8,11H,9-10,12H2,1-3H3/b13-11+. The summed E-state index contributed by atoms with van der Waals surface area (Å²) in [5.74, 6) is 0.0645. The number of hydrogen-bond acceptors (Lipinski definition) is 2.